The monoisotopic (exact) mass is 826 g/mol. The zero-order chi connectivity index (χ0) is 41.0. The minimum Gasteiger partial charge on any atom is -0.488 e. The second-order valence-electron chi connectivity index (χ2n) is 15.3. The smallest absolute Gasteiger partial charge is 0.222 e. The fourth-order valence-electron chi connectivity index (χ4n) is 7.72. The van der Waals surface area contributed by atoms with Crippen molar-refractivity contribution in [2.24, 2.45) is 0 Å². The van der Waals surface area contributed by atoms with Crippen LogP contribution in [0.25, 0.3) is 0 Å². The first kappa shape index (κ1) is 41.8. The van der Waals surface area contributed by atoms with E-state index in [0.29, 0.717) is 36.8 Å². The van der Waals surface area contributed by atoms with Crippen LogP contribution in [0.5, 0.6) is 5.75 Å². The van der Waals surface area contributed by atoms with Crippen LogP contribution < -0.4 is 4.74 Å². The average molecular weight is 827 g/mol. The molecule has 2 fully saturated rings. The molecule has 6 atom stereocenters. The second kappa shape index (κ2) is 20.6. The lowest BCUT2D eigenvalue weighted by Crippen LogP contribution is -2.65. The van der Waals surface area contributed by atoms with Crippen LogP contribution in [0.15, 0.2) is 164 Å². The van der Waals surface area contributed by atoms with E-state index in [1.807, 2.05) is 152 Å². The quantitative estimate of drug-likeness (QED) is 0.0918. The molecule has 0 aliphatic carbocycles. The summed E-state index contributed by atoms with van der Waals surface area (Å²) in [5.41, 5.74) is 6.22. The van der Waals surface area contributed by atoms with Crippen molar-refractivity contribution in [1.29, 1.82) is 0 Å². The van der Waals surface area contributed by atoms with E-state index in [1.165, 1.54) is 0 Å². The molecular formula is C51H51ClO8. The Hall–Kier alpha value is -4.87. The number of benzene rings is 6. The largest absolute Gasteiger partial charge is 0.488 e. The van der Waals surface area contributed by atoms with Crippen LogP contribution >= 0.6 is 11.6 Å². The summed E-state index contributed by atoms with van der Waals surface area (Å²) in [5, 5.41) is 13.8. The lowest BCUT2D eigenvalue weighted by Gasteiger charge is -2.50. The van der Waals surface area contributed by atoms with Gasteiger partial charge in [0.2, 0.25) is 5.79 Å². The SMILES string of the molecule is OC1(c2ccc(Cl)c(Cc3ccc(OC4CCOC4)cc3)c2)O[C@H](COCc2ccccc2)[C@H](OCc2ccccc2)[C@H](OCc2ccccc2)[C@H]1OCc1ccccc1. The molecule has 6 aromatic rings. The molecule has 310 valence electrons. The van der Waals surface area contributed by atoms with E-state index in [1.54, 1.807) is 12.1 Å². The molecule has 2 saturated heterocycles. The molecule has 9 heteroatoms. The number of hydrogen-bond acceptors (Lipinski definition) is 8. The molecule has 0 bridgehead atoms. The standard InChI is InChI=1S/C51H51ClO8/c52-46-26-23-43(30-42(46)29-37-21-24-44(25-22-37)59-45-27-28-54-35-45)51(53)50(58-34-41-19-11-4-12-20-41)49(57-33-40-17-9-3-10-18-40)48(56-32-39-15-7-2-8-16-39)47(60-51)36-55-31-38-13-5-1-6-14-38/h1-26,30,45,47-50,53H,27-29,31-36H2/t45?,47-,48+,49+,50-,51?/m1/s1. The highest BCUT2D eigenvalue weighted by Crippen LogP contribution is 2.43. The minimum atomic E-state index is -2.02. The number of hydrogen-bond donors (Lipinski definition) is 1. The van der Waals surface area contributed by atoms with Gasteiger partial charge in [-0.3, -0.25) is 0 Å². The summed E-state index contributed by atoms with van der Waals surface area (Å²) in [5.74, 6) is -1.23. The highest BCUT2D eigenvalue weighted by Gasteiger charge is 2.57. The topological polar surface area (TPSA) is 84.8 Å². The zero-order valence-corrected chi connectivity index (χ0v) is 34.3. The molecule has 0 saturated carbocycles. The fourth-order valence-corrected chi connectivity index (χ4v) is 7.91. The van der Waals surface area contributed by atoms with Gasteiger partial charge in [0.15, 0.2) is 0 Å². The molecule has 2 aliphatic heterocycles. The highest BCUT2D eigenvalue weighted by molar-refractivity contribution is 6.31. The lowest BCUT2D eigenvalue weighted by molar-refractivity contribution is -0.378. The van der Waals surface area contributed by atoms with Gasteiger partial charge >= 0.3 is 0 Å². The van der Waals surface area contributed by atoms with Gasteiger partial charge in [0.25, 0.3) is 0 Å². The molecule has 0 spiro atoms. The van der Waals surface area contributed by atoms with Gasteiger partial charge in [-0.15, -0.1) is 0 Å². The average Bonchev–Trinajstić information content (AvgIpc) is 3.81. The number of halogens is 1. The molecule has 6 aromatic carbocycles. The Kier molecular flexibility index (Phi) is 14.4. The second-order valence-corrected chi connectivity index (χ2v) is 15.7. The Balaban J connectivity index is 1.15. The lowest BCUT2D eigenvalue weighted by atomic mass is 9.86. The molecule has 2 unspecified atom stereocenters. The van der Waals surface area contributed by atoms with Gasteiger partial charge in [0.05, 0.1) is 46.2 Å². The molecule has 0 aromatic heterocycles. The van der Waals surface area contributed by atoms with Gasteiger partial charge in [-0.1, -0.05) is 151 Å². The summed E-state index contributed by atoms with van der Waals surface area (Å²) in [6, 6.07) is 53.3. The summed E-state index contributed by atoms with van der Waals surface area (Å²) in [6.07, 6.45) is -1.93. The van der Waals surface area contributed by atoms with Crippen molar-refractivity contribution in [2.45, 2.75) is 75.6 Å². The van der Waals surface area contributed by atoms with Crippen LogP contribution in [0.1, 0.15) is 45.4 Å². The third-order valence-corrected chi connectivity index (χ3v) is 11.3. The molecule has 0 radical (unpaired) electrons. The molecule has 2 heterocycles. The summed E-state index contributed by atoms with van der Waals surface area (Å²) < 4.78 is 45.4. The van der Waals surface area contributed by atoms with Crippen LogP contribution in [0.4, 0.5) is 0 Å². The van der Waals surface area contributed by atoms with Crippen LogP contribution in [0.3, 0.4) is 0 Å². The van der Waals surface area contributed by atoms with Crippen molar-refractivity contribution in [3.05, 3.63) is 208 Å². The normalized spacial score (nSPS) is 22.7. The van der Waals surface area contributed by atoms with Crippen molar-refractivity contribution < 1.29 is 38.3 Å². The van der Waals surface area contributed by atoms with Gasteiger partial charge in [0, 0.05) is 17.0 Å². The van der Waals surface area contributed by atoms with Crippen LogP contribution in [0.2, 0.25) is 5.02 Å². The van der Waals surface area contributed by atoms with Crippen molar-refractivity contribution in [1.82, 2.24) is 0 Å². The van der Waals surface area contributed by atoms with Crippen LogP contribution in [0, 0.1) is 0 Å². The summed E-state index contributed by atoms with van der Waals surface area (Å²) >= 11 is 6.92. The summed E-state index contributed by atoms with van der Waals surface area (Å²) in [4.78, 5) is 0. The first-order valence-electron chi connectivity index (χ1n) is 20.6. The molecule has 60 heavy (non-hydrogen) atoms. The van der Waals surface area contributed by atoms with E-state index in [4.69, 9.17) is 44.8 Å². The summed E-state index contributed by atoms with van der Waals surface area (Å²) in [7, 11) is 0. The third kappa shape index (κ3) is 10.9. The van der Waals surface area contributed by atoms with E-state index >= 15 is 0 Å². The Labute approximate surface area is 357 Å². The fraction of sp³-hybridized carbons (Fsp3) is 0.294. The molecule has 0 amide bonds. The number of rotatable bonds is 18. The van der Waals surface area contributed by atoms with Gasteiger partial charge in [-0.2, -0.15) is 0 Å². The van der Waals surface area contributed by atoms with Crippen molar-refractivity contribution >= 4 is 11.6 Å². The molecule has 8 rings (SSSR count). The zero-order valence-electron chi connectivity index (χ0n) is 33.5. The van der Waals surface area contributed by atoms with Crippen molar-refractivity contribution in [2.75, 3.05) is 19.8 Å². The molecule has 1 N–H and O–H groups in total. The van der Waals surface area contributed by atoms with Gasteiger partial charge in [0.1, 0.15) is 36.3 Å². The summed E-state index contributed by atoms with van der Waals surface area (Å²) in [6.45, 7) is 2.48. The van der Waals surface area contributed by atoms with Gasteiger partial charge < -0.3 is 38.3 Å². The van der Waals surface area contributed by atoms with E-state index in [0.717, 1.165) is 45.6 Å². The molecule has 8 nitrogen and oxygen atoms in total. The molecule has 2 aliphatic rings. The Bertz CT molecular complexity index is 2190. The van der Waals surface area contributed by atoms with Gasteiger partial charge in [-0.25, -0.2) is 0 Å². The number of ether oxygens (including phenoxy) is 7. The highest BCUT2D eigenvalue weighted by atomic mass is 35.5. The maximum absolute atomic E-state index is 13.3. The minimum absolute atomic E-state index is 0.0617. The predicted molar refractivity (Wildman–Crippen MR) is 230 cm³/mol. The van der Waals surface area contributed by atoms with E-state index in [2.05, 4.69) is 0 Å². The number of aliphatic hydroxyl groups is 1. The maximum Gasteiger partial charge on any atom is 0.222 e. The Morgan fingerprint density at radius 3 is 1.72 bits per heavy atom. The predicted octanol–water partition coefficient (Wildman–Crippen LogP) is 9.62. The maximum atomic E-state index is 13.3. The first-order valence-corrected chi connectivity index (χ1v) is 21.0. The van der Waals surface area contributed by atoms with Crippen LogP contribution in [-0.4, -0.2) is 55.4 Å². The Morgan fingerprint density at radius 1 is 0.600 bits per heavy atom. The van der Waals surface area contributed by atoms with Crippen LogP contribution in [-0.2, 0) is 67.1 Å². The van der Waals surface area contributed by atoms with Gasteiger partial charge in [-0.05, 0) is 64.1 Å². The molecular weight excluding hydrogens is 776 g/mol. The van der Waals surface area contributed by atoms with E-state index < -0.39 is 30.2 Å². The first-order chi connectivity index (χ1) is 29.5. The van der Waals surface area contributed by atoms with E-state index in [9.17, 15) is 5.11 Å². The third-order valence-electron chi connectivity index (χ3n) is 10.9. The van der Waals surface area contributed by atoms with Crippen molar-refractivity contribution in [3.63, 3.8) is 0 Å². The van der Waals surface area contributed by atoms with E-state index in [-0.39, 0.29) is 32.5 Å². The van der Waals surface area contributed by atoms with Crippen molar-refractivity contribution in [3.8, 4) is 5.75 Å². The Morgan fingerprint density at radius 2 is 1.15 bits per heavy atom.